The van der Waals surface area contributed by atoms with Crippen molar-refractivity contribution in [1.82, 2.24) is 14.1 Å². The number of ketones is 1. The standard InChI is InChI=1S/C18H18ClN3O.2H2O/c1-11-20-7-8-22(11)10-12-9-14(19)17-16(18(12)23)13-5-3-4-6-15(13)21(17)2;;/h3-8,12,14H,9-10H2,1-2H3;2*1H2. The van der Waals surface area contributed by atoms with E-state index in [4.69, 9.17) is 11.6 Å². The Bertz CT molecular complexity index is 916. The van der Waals surface area contributed by atoms with Gasteiger partial charge in [-0.05, 0) is 19.4 Å². The van der Waals surface area contributed by atoms with E-state index >= 15 is 0 Å². The van der Waals surface area contributed by atoms with E-state index < -0.39 is 0 Å². The van der Waals surface area contributed by atoms with Gasteiger partial charge in [-0.15, -0.1) is 11.6 Å². The minimum Gasteiger partial charge on any atom is -0.412 e. The second-order valence-corrected chi connectivity index (χ2v) is 6.75. The normalized spacial score (nSPS) is 19.2. The maximum atomic E-state index is 13.1. The Morgan fingerprint density at radius 2 is 2.00 bits per heavy atom. The molecule has 3 aromatic rings. The van der Waals surface area contributed by atoms with Gasteiger partial charge in [0.2, 0.25) is 0 Å². The largest absolute Gasteiger partial charge is 0.412 e. The molecule has 2 aromatic heterocycles. The van der Waals surface area contributed by atoms with Crippen molar-refractivity contribution in [2.45, 2.75) is 25.3 Å². The molecule has 2 atom stereocenters. The molecule has 1 aliphatic carbocycles. The van der Waals surface area contributed by atoms with E-state index in [1.165, 1.54) is 0 Å². The van der Waals surface area contributed by atoms with Crippen LogP contribution in [-0.2, 0) is 13.6 Å². The Morgan fingerprint density at radius 3 is 2.68 bits per heavy atom. The van der Waals surface area contributed by atoms with Gasteiger partial charge in [-0.2, -0.15) is 0 Å². The van der Waals surface area contributed by atoms with Crippen LogP contribution < -0.4 is 0 Å². The molecule has 0 saturated heterocycles. The van der Waals surface area contributed by atoms with Crippen molar-refractivity contribution in [1.29, 1.82) is 0 Å². The van der Waals surface area contributed by atoms with Gasteiger partial charge in [0.1, 0.15) is 5.82 Å². The van der Waals surface area contributed by atoms with Crippen LogP contribution in [0.15, 0.2) is 36.7 Å². The van der Waals surface area contributed by atoms with Crippen molar-refractivity contribution in [3.63, 3.8) is 0 Å². The molecule has 1 aromatic carbocycles. The number of para-hydroxylation sites is 1. The summed E-state index contributed by atoms with van der Waals surface area (Å²) in [6, 6.07) is 8.02. The molecule has 2 heterocycles. The molecule has 25 heavy (non-hydrogen) atoms. The van der Waals surface area contributed by atoms with Crippen molar-refractivity contribution in [2.24, 2.45) is 13.0 Å². The maximum Gasteiger partial charge on any atom is 0.170 e. The number of aromatic nitrogens is 3. The maximum absolute atomic E-state index is 13.1. The lowest BCUT2D eigenvalue weighted by molar-refractivity contribution is 0.0886. The van der Waals surface area contributed by atoms with E-state index in [1.54, 1.807) is 6.20 Å². The van der Waals surface area contributed by atoms with Crippen LogP contribution in [0, 0.1) is 12.8 Å². The van der Waals surface area contributed by atoms with Crippen LogP contribution in [0.2, 0.25) is 0 Å². The zero-order valence-corrected chi connectivity index (χ0v) is 14.9. The van der Waals surface area contributed by atoms with Crippen molar-refractivity contribution in [3.05, 3.63) is 53.7 Å². The molecule has 1 aliphatic rings. The highest BCUT2D eigenvalue weighted by Crippen LogP contribution is 2.42. The number of Topliss-reactive ketones (excluding diaryl/α,β-unsaturated/α-hetero) is 1. The Kier molecular flexibility index (Phi) is 5.37. The molecule has 7 heteroatoms. The topological polar surface area (TPSA) is 103 Å². The number of carbonyl (C=O) groups excluding carboxylic acids is 1. The Hall–Kier alpha value is -2.15. The highest BCUT2D eigenvalue weighted by molar-refractivity contribution is 6.24. The predicted molar refractivity (Wildman–Crippen MR) is 98.1 cm³/mol. The van der Waals surface area contributed by atoms with Gasteiger partial charge >= 0.3 is 0 Å². The molecular weight excluding hydrogens is 342 g/mol. The number of aryl methyl sites for hydroxylation is 2. The van der Waals surface area contributed by atoms with Crippen LogP contribution in [0.3, 0.4) is 0 Å². The quantitative estimate of drug-likeness (QED) is 0.651. The first kappa shape index (κ1) is 19.2. The van der Waals surface area contributed by atoms with Crippen LogP contribution in [0.1, 0.15) is 33.7 Å². The third-order valence-corrected chi connectivity index (χ3v) is 5.28. The number of hydrogen-bond acceptors (Lipinski definition) is 2. The molecule has 134 valence electrons. The summed E-state index contributed by atoms with van der Waals surface area (Å²) in [5.41, 5.74) is 2.82. The van der Waals surface area contributed by atoms with Crippen LogP contribution in [0.25, 0.3) is 10.9 Å². The van der Waals surface area contributed by atoms with Gasteiger partial charge in [0, 0.05) is 54.1 Å². The fraction of sp³-hybridized carbons (Fsp3) is 0.333. The van der Waals surface area contributed by atoms with E-state index in [9.17, 15) is 4.79 Å². The summed E-state index contributed by atoms with van der Waals surface area (Å²) in [6.07, 6.45) is 4.35. The molecule has 0 fully saturated rings. The number of hydrogen-bond donors (Lipinski definition) is 0. The van der Waals surface area contributed by atoms with E-state index in [1.807, 2.05) is 49.0 Å². The number of benzene rings is 1. The molecular formula is C18H22ClN3O3. The van der Waals surface area contributed by atoms with Crippen LogP contribution >= 0.6 is 11.6 Å². The number of nitrogens with zero attached hydrogens (tertiary/aromatic N) is 3. The Morgan fingerprint density at radius 1 is 1.28 bits per heavy atom. The summed E-state index contributed by atoms with van der Waals surface area (Å²) in [5, 5.41) is 0.863. The third kappa shape index (κ3) is 2.86. The highest BCUT2D eigenvalue weighted by Gasteiger charge is 2.37. The SMILES string of the molecule is Cc1nccn1CC1CC(Cl)c2c(c3ccccc3n2C)C1=O.O.O. The van der Waals surface area contributed by atoms with Crippen LogP contribution in [0.4, 0.5) is 0 Å². The van der Waals surface area contributed by atoms with Gasteiger partial charge in [-0.25, -0.2) is 4.98 Å². The zero-order valence-electron chi connectivity index (χ0n) is 14.2. The number of alkyl halides is 1. The number of fused-ring (bicyclic) bond motifs is 3. The molecule has 0 radical (unpaired) electrons. The average Bonchev–Trinajstić information content (AvgIpc) is 3.07. The fourth-order valence-corrected chi connectivity index (χ4v) is 4.17. The van der Waals surface area contributed by atoms with Gasteiger partial charge in [-0.1, -0.05) is 18.2 Å². The summed E-state index contributed by atoms with van der Waals surface area (Å²) < 4.78 is 4.10. The van der Waals surface area contributed by atoms with Crippen molar-refractivity contribution < 1.29 is 15.7 Å². The summed E-state index contributed by atoms with van der Waals surface area (Å²) >= 11 is 6.67. The molecule has 0 saturated carbocycles. The first-order valence-electron chi connectivity index (χ1n) is 7.81. The predicted octanol–water partition coefficient (Wildman–Crippen LogP) is 2.22. The second-order valence-electron chi connectivity index (χ2n) is 6.23. The molecule has 6 nitrogen and oxygen atoms in total. The molecule has 0 amide bonds. The van der Waals surface area contributed by atoms with E-state index in [0.717, 1.165) is 28.0 Å². The molecule has 4 N–H and O–H groups in total. The number of halogens is 1. The highest BCUT2D eigenvalue weighted by atomic mass is 35.5. The molecule has 0 bridgehead atoms. The number of imidazole rings is 1. The van der Waals surface area contributed by atoms with E-state index in [0.29, 0.717) is 13.0 Å². The van der Waals surface area contributed by atoms with Crippen LogP contribution in [0.5, 0.6) is 0 Å². The molecule has 2 unspecified atom stereocenters. The van der Waals surface area contributed by atoms with Gasteiger partial charge in [0.05, 0.1) is 5.38 Å². The summed E-state index contributed by atoms with van der Waals surface area (Å²) in [6.45, 7) is 2.59. The minimum atomic E-state index is -0.145. The lowest BCUT2D eigenvalue weighted by Crippen LogP contribution is -2.28. The lowest BCUT2D eigenvalue weighted by Gasteiger charge is -2.26. The van der Waals surface area contributed by atoms with E-state index in [2.05, 4.69) is 9.55 Å². The van der Waals surface area contributed by atoms with Crippen molar-refractivity contribution >= 4 is 28.3 Å². The van der Waals surface area contributed by atoms with E-state index in [-0.39, 0.29) is 28.0 Å². The van der Waals surface area contributed by atoms with Crippen LogP contribution in [-0.4, -0.2) is 30.9 Å². The smallest absolute Gasteiger partial charge is 0.170 e. The first-order valence-corrected chi connectivity index (χ1v) is 8.25. The molecule has 4 rings (SSSR count). The van der Waals surface area contributed by atoms with Crippen molar-refractivity contribution in [3.8, 4) is 0 Å². The summed E-state index contributed by atoms with van der Waals surface area (Å²) in [5.74, 6) is 1.01. The zero-order chi connectivity index (χ0) is 16.1. The molecule has 0 spiro atoms. The van der Waals surface area contributed by atoms with Gasteiger partial charge in [0.25, 0.3) is 0 Å². The Balaban J connectivity index is 0.00000113. The average molecular weight is 364 g/mol. The number of carbonyl (C=O) groups is 1. The molecule has 0 aliphatic heterocycles. The number of rotatable bonds is 2. The van der Waals surface area contributed by atoms with Crippen molar-refractivity contribution in [2.75, 3.05) is 0 Å². The van der Waals surface area contributed by atoms with Gasteiger partial charge in [0.15, 0.2) is 5.78 Å². The second kappa shape index (κ2) is 7.00. The summed E-state index contributed by atoms with van der Waals surface area (Å²) in [7, 11) is 1.99. The Labute approximate surface area is 150 Å². The fourth-order valence-electron chi connectivity index (χ4n) is 3.70. The lowest BCUT2D eigenvalue weighted by atomic mass is 9.84. The van der Waals surface area contributed by atoms with Gasteiger partial charge < -0.3 is 20.1 Å². The monoisotopic (exact) mass is 363 g/mol. The summed E-state index contributed by atoms with van der Waals surface area (Å²) in [4.78, 5) is 17.4. The minimum absolute atomic E-state index is 0. The third-order valence-electron chi connectivity index (χ3n) is 4.90. The first-order chi connectivity index (χ1) is 11.1. The van der Waals surface area contributed by atoms with Gasteiger partial charge in [-0.3, -0.25) is 4.79 Å².